The van der Waals surface area contributed by atoms with Gasteiger partial charge >= 0.3 is 0 Å². The zero-order valence-electron chi connectivity index (χ0n) is 15.8. The standard InChI is InChI=1S/C17H23N7O4/c1-8(2)10(7-25)19-17-20-15(12-16(21-17)23-24-22-12)18-6-9-4-5-11(28-3)14(27)13(9)26/h4-5,8,10,25-27H,6-7H2,1-3H3,(H3,18,19,20,21,22,23,24)/t10-/m0/s1. The first-order valence-corrected chi connectivity index (χ1v) is 8.72. The number of benzene rings is 1. The van der Waals surface area contributed by atoms with Crippen LogP contribution in [0.15, 0.2) is 12.1 Å². The van der Waals surface area contributed by atoms with Crippen LogP contribution in [0.5, 0.6) is 17.2 Å². The third-order valence-corrected chi connectivity index (χ3v) is 4.36. The normalized spacial score (nSPS) is 12.3. The molecule has 2 heterocycles. The number of aromatic nitrogens is 5. The molecule has 0 unspecified atom stereocenters. The van der Waals surface area contributed by atoms with Gasteiger partial charge in [-0.3, -0.25) is 0 Å². The van der Waals surface area contributed by atoms with Crippen molar-refractivity contribution in [3.05, 3.63) is 17.7 Å². The van der Waals surface area contributed by atoms with E-state index in [1.54, 1.807) is 12.1 Å². The Labute approximate surface area is 160 Å². The van der Waals surface area contributed by atoms with Gasteiger partial charge in [0.05, 0.1) is 19.8 Å². The summed E-state index contributed by atoms with van der Waals surface area (Å²) < 4.78 is 4.97. The van der Waals surface area contributed by atoms with Crippen molar-refractivity contribution in [3.63, 3.8) is 0 Å². The summed E-state index contributed by atoms with van der Waals surface area (Å²) >= 11 is 0. The molecule has 0 aliphatic heterocycles. The Morgan fingerprint density at radius 2 is 1.93 bits per heavy atom. The van der Waals surface area contributed by atoms with Crippen molar-refractivity contribution >= 4 is 22.9 Å². The predicted octanol–water partition coefficient (Wildman–Crippen LogP) is 1.21. The Morgan fingerprint density at radius 3 is 2.61 bits per heavy atom. The second-order valence-electron chi connectivity index (χ2n) is 6.55. The average molecular weight is 389 g/mol. The lowest BCUT2D eigenvalue weighted by Crippen LogP contribution is -2.30. The van der Waals surface area contributed by atoms with Crippen LogP contribution >= 0.6 is 0 Å². The number of anilines is 2. The van der Waals surface area contributed by atoms with E-state index < -0.39 is 0 Å². The van der Waals surface area contributed by atoms with Crippen molar-refractivity contribution in [1.82, 2.24) is 25.4 Å². The number of phenolic OH excluding ortho intramolecular Hbond substituents is 2. The van der Waals surface area contributed by atoms with E-state index >= 15 is 0 Å². The quantitative estimate of drug-likeness (QED) is 0.309. The van der Waals surface area contributed by atoms with Crippen LogP contribution in [0.1, 0.15) is 19.4 Å². The highest BCUT2D eigenvalue weighted by atomic mass is 16.5. The van der Waals surface area contributed by atoms with Crippen molar-refractivity contribution in [3.8, 4) is 17.2 Å². The number of aliphatic hydroxyl groups excluding tert-OH is 1. The van der Waals surface area contributed by atoms with Crippen LogP contribution in [-0.2, 0) is 6.54 Å². The lowest BCUT2D eigenvalue weighted by Gasteiger charge is -2.20. The zero-order valence-corrected chi connectivity index (χ0v) is 15.8. The molecule has 0 aliphatic carbocycles. The molecular weight excluding hydrogens is 366 g/mol. The highest BCUT2D eigenvalue weighted by molar-refractivity contribution is 5.83. The summed E-state index contributed by atoms with van der Waals surface area (Å²) in [6, 6.07) is 2.96. The van der Waals surface area contributed by atoms with Gasteiger partial charge < -0.3 is 30.7 Å². The fourth-order valence-corrected chi connectivity index (χ4v) is 2.61. The van der Waals surface area contributed by atoms with Gasteiger partial charge in [-0.2, -0.15) is 20.3 Å². The molecule has 0 saturated heterocycles. The van der Waals surface area contributed by atoms with Crippen LogP contribution in [0.25, 0.3) is 11.2 Å². The molecule has 28 heavy (non-hydrogen) atoms. The molecule has 0 saturated carbocycles. The zero-order chi connectivity index (χ0) is 20.3. The predicted molar refractivity (Wildman–Crippen MR) is 102 cm³/mol. The van der Waals surface area contributed by atoms with Crippen molar-refractivity contribution in [1.29, 1.82) is 0 Å². The lowest BCUT2D eigenvalue weighted by atomic mass is 10.1. The molecule has 0 fully saturated rings. The molecule has 2 aromatic heterocycles. The number of methoxy groups -OCH3 is 1. The molecule has 0 bridgehead atoms. The van der Waals surface area contributed by atoms with E-state index in [-0.39, 0.29) is 42.4 Å². The second kappa shape index (κ2) is 8.13. The number of fused-ring (bicyclic) bond motifs is 1. The molecule has 0 spiro atoms. The number of H-pyrrole nitrogens is 1. The van der Waals surface area contributed by atoms with Gasteiger partial charge in [-0.15, -0.1) is 5.10 Å². The summed E-state index contributed by atoms with van der Waals surface area (Å²) in [5, 5.41) is 46.3. The van der Waals surface area contributed by atoms with Crippen molar-refractivity contribution in [2.45, 2.75) is 26.4 Å². The molecule has 150 valence electrons. The number of aromatic hydroxyl groups is 2. The minimum atomic E-state index is -0.332. The molecule has 11 heteroatoms. The Morgan fingerprint density at radius 1 is 1.14 bits per heavy atom. The number of rotatable bonds is 8. The van der Waals surface area contributed by atoms with Crippen LogP contribution in [0.4, 0.5) is 11.8 Å². The van der Waals surface area contributed by atoms with Gasteiger partial charge in [0.2, 0.25) is 17.3 Å². The third kappa shape index (κ3) is 3.83. The minimum absolute atomic E-state index is 0.0698. The number of aromatic amines is 1. The highest BCUT2D eigenvalue weighted by Gasteiger charge is 2.18. The maximum absolute atomic E-state index is 10.2. The van der Waals surface area contributed by atoms with E-state index in [0.717, 1.165) is 0 Å². The molecule has 1 aromatic carbocycles. The lowest BCUT2D eigenvalue weighted by molar-refractivity contribution is 0.248. The first-order valence-electron chi connectivity index (χ1n) is 8.72. The van der Waals surface area contributed by atoms with Crippen molar-refractivity contribution in [2.24, 2.45) is 5.92 Å². The topological polar surface area (TPSA) is 161 Å². The summed E-state index contributed by atoms with van der Waals surface area (Å²) in [5.41, 5.74) is 1.22. The van der Waals surface area contributed by atoms with Gasteiger partial charge in [-0.25, -0.2) is 0 Å². The Kier molecular flexibility index (Phi) is 5.64. The summed E-state index contributed by atoms with van der Waals surface area (Å²) in [7, 11) is 1.40. The minimum Gasteiger partial charge on any atom is -0.504 e. The maximum Gasteiger partial charge on any atom is 0.227 e. The van der Waals surface area contributed by atoms with Crippen molar-refractivity contribution < 1.29 is 20.1 Å². The van der Waals surface area contributed by atoms with Crippen LogP contribution in [0.2, 0.25) is 0 Å². The Bertz CT molecular complexity index is 960. The van der Waals surface area contributed by atoms with Gasteiger partial charge in [0.15, 0.2) is 22.8 Å². The smallest absolute Gasteiger partial charge is 0.227 e. The van der Waals surface area contributed by atoms with Gasteiger partial charge in [0.1, 0.15) is 0 Å². The molecule has 3 aromatic rings. The maximum atomic E-state index is 10.2. The summed E-state index contributed by atoms with van der Waals surface area (Å²) in [6.45, 7) is 4.04. The van der Waals surface area contributed by atoms with E-state index in [4.69, 9.17) is 4.74 Å². The summed E-state index contributed by atoms with van der Waals surface area (Å²) in [4.78, 5) is 8.70. The largest absolute Gasteiger partial charge is 0.504 e. The number of hydrogen-bond donors (Lipinski definition) is 6. The number of nitrogens with zero attached hydrogens (tertiary/aromatic N) is 4. The van der Waals surface area contributed by atoms with Crippen LogP contribution in [-0.4, -0.2) is 60.5 Å². The van der Waals surface area contributed by atoms with Gasteiger partial charge in [0, 0.05) is 12.1 Å². The fourth-order valence-electron chi connectivity index (χ4n) is 2.61. The van der Waals surface area contributed by atoms with E-state index in [9.17, 15) is 15.3 Å². The van der Waals surface area contributed by atoms with Gasteiger partial charge in [-0.05, 0) is 18.1 Å². The summed E-state index contributed by atoms with van der Waals surface area (Å²) in [5.74, 6) is 0.404. The second-order valence-corrected chi connectivity index (χ2v) is 6.55. The average Bonchev–Trinajstić information content (AvgIpc) is 3.15. The first kappa shape index (κ1) is 19.4. The Hall–Kier alpha value is -3.34. The van der Waals surface area contributed by atoms with Crippen LogP contribution in [0.3, 0.4) is 0 Å². The molecule has 0 amide bonds. The van der Waals surface area contributed by atoms with Crippen LogP contribution < -0.4 is 15.4 Å². The third-order valence-electron chi connectivity index (χ3n) is 4.36. The first-order chi connectivity index (χ1) is 13.4. The monoisotopic (exact) mass is 389 g/mol. The molecule has 1 atom stereocenters. The fraction of sp³-hybridized carbons (Fsp3) is 0.412. The molecule has 11 nitrogen and oxygen atoms in total. The number of aliphatic hydroxyl groups is 1. The van der Waals surface area contributed by atoms with Crippen molar-refractivity contribution in [2.75, 3.05) is 24.4 Å². The van der Waals surface area contributed by atoms with E-state index in [1.165, 1.54) is 7.11 Å². The highest BCUT2D eigenvalue weighted by Crippen LogP contribution is 2.38. The van der Waals surface area contributed by atoms with Gasteiger partial charge in [0.25, 0.3) is 0 Å². The summed E-state index contributed by atoms with van der Waals surface area (Å²) in [6.07, 6.45) is 0. The Balaban J connectivity index is 1.86. The number of ether oxygens (including phenoxy) is 1. The number of nitrogens with one attached hydrogen (secondary N) is 3. The number of hydrogen-bond acceptors (Lipinski definition) is 10. The van der Waals surface area contributed by atoms with E-state index in [0.29, 0.717) is 28.5 Å². The molecule has 3 rings (SSSR count). The SMILES string of the molecule is COc1ccc(CNc2nc(N[C@@H](CO)C(C)C)nc3n[nH]nc23)c(O)c1O. The van der Waals surface area contributed by atoms with Gasteiger partial charge in [-0.1, -0.05) is 13.8 Å². The van der Waals surface area contributed by atoms with E-state index in [2.05, 4.69) is 36.0 Å². The molecule has 0 aliphatic rings. The molecule has 6 N–H and O–H groups in total. The van der Waals surface area contributed by atoms with E-state index in [1.807, 2.05) is 13.8 Å². The molecule has 0 radical (unpaired) electrons. The van der Waals surface area contributed by atoms with Crippen LogP contribution in [0, 0.1) is 5.92 Å². The number of phenols is 2. The molecular formula is C17H23N7O4.